The number of carbonyl (C=O) groups excluding carboxylic acids is 7. The van der Waals surface area contributed by atoms with E-state index in [0.717, 1.165) is 0 Å². The van der Waals surface area contributed by atoms with Crippen molar-refractivity contribution in [2.75, 3.05) is 6.54 Å². The average molecular weight is 940 g/mol. The lowest BCUT2D eigenvalue weighted by molar-refractivity contribution is -0.142. The van der Waals surface area contributed by atoms with Crippen LogP contribution in [0.3, 0.4) is 0 Å². The maximum absolute atomic E-state index is 13.9. The van der Waals surface area contributed by atoms with Gasteiger partial charge in [0.1, 0.15) is 47.2 Å². The minimum atomic E-state index is -1.31. The molecular formula is C46H69N9O12. The number of alkyl carbamates (subject to hydrolysis) is 1. The van der Waals surface area contributed by atoms with E-state index in [1.54, 1.807) is 90.9 Å². The van der Waals surface area contributed by atoms with E-state index in [1.165, 1.54) is 19.1 Å². The third-order valence-corrected chi connectivity index (χ3v) is 9.27. The van der Waals surface area contributed by atoms with Crippen molar-refractivity contribution in [1.29, 1.82) is 0 Å². The maximum atomic E-state index is 13.9. The molecule has 2 rings (SSSR count). The molecule has 0 aliphatic heterocycles. The second-order valence-corrected chi connectivity index (χ2v) is 18.4. The number of hydrogen-bond donors (Lipinski definition) is 9. The smallest absolute Gasteiger partial charge is 0.480 e. The Balaban J connectivity index is 2.18. The first-order valence-corrected chi connectivity index (χ1v) is 21.9. The van der Waals surface area contributed by atoms with Gasteiger partial charge in [-0.3, -0.25) is 29.0 Å². The van der Waals surface area contributed by atoms with Gasteiger partial charge in [-0.1, -0.05) is 56.3 Å². The number of amides is 6. The number of nitrogens with zero attached hydrogens (tertiary/aromatic N) is 1. The number of hydrogen-bond acceptors (Lipinski definition) is 12. The zero-order valence-electron chi connectivity index (χ0n) is 40.0. The summed E-state index contributed by atoms with van der Waals surface area (Å²) in [6.07, 6.45) is -1.52. The van der Waals surface area contributed by atoms with E-state index in [0.29, 0.717) is 11.1 Å². The molecule has 0 fully saturated rings. The molecule has 0 heterocycles. The zero-order valence-corrected chi connectivity index (χ0v) is 40.0. The second kappa shape index (κ2) is 26.3. The number of nitrogens with one attached hydrogen (secondary N) is 6. The summed E-state index contributed by atoms with van der Waals surface area (Å²) in [5.74, 6) is -5.21. The highest BCUT2D eigenvalue weighted by molar-refractivity contribution is 5.95. The Morgan fingerprint density at radius 1 is 0.627 bits per heavy atom. The van der Waals surface area contributed by atoms with Crippen LogP contribution in [0.5, 0.6) is 5.75 Å². The average Bonchev–Trinajstić information content (AvgIpc) is 3.19. The van der Waals surface area contributed by atoms with E-state index in [9.17, 15) is 43.5 Å². The molecule has 370 valence electrons. The lowest BCUT2D eigenvalue weighted by Crippen LogP contribution is -2.57. The summed E-state index contributed by atoms with van der Waals surface area (Å²) in [5.41, 5.74) is 10.4. The fraction of sp³-hybridized carbons (Fsp3) is 0.543. The number of aliphatic carboxylic acids is 1. The monoisotopic (exact) mass is 940 g/mol. The summed E-state index contributed by atoms with van der Waals surface area (Å²) in [7, 11) is 0. The molecule has 0 saturated carbocycles. The minimum absolute atomic E-state index is 0.00386. The summed E-state index contributed by atoms with van der Waals surface area (Å²) in [4.78, 5) is 109. The molecule has 67 heavy (non-hydrogen) atoms. The van der Waals surface area contributed by atoms with Crippen molar-refractivity contribution in [3.8, 4) is 5.75 Å². The number of rotatable bonds is 23. The zero-order chi connectivity index (χ0) is 50.6. The molecule has 0 unspecified atom stereocenters. The lowest BCUT2D eigenvalue weighted by atomic mass is 10.00. The summed E-state index contributed by atoms with van der Waals surface area (Å²) in [6.45, 7) is 16.1. The Morgan fingerprint density at radius 3 is 1.69 bits per heavy atom. The van der Waals surface area contributed by atoms with Gasteiger partial charge < -0.3 is 62.7 Å². The second-order valence-electron chi connectivity index (χ2n) is 18.4. The third-order valence-electron chi connectivity index (χ3n) is 9.27. The third kappa shape index (κ3) is 23.2. The number of nitrogens with two attached hydrogens (primary N) is 2. The van der Waals surface area contributed by atoms with Gasteiger partial charge in [0, 0.05) is 12.8 Å². The van der Waals surface area contributed by atoms with Crippen LogP contribution < -0.4 is 48.1 Å². The van der Waals surface area contributed by atoms with Crippen LogP contribution in [0.15, 0.2) is 59.6 Å². The van der Waals surface area contributed by atoms with Crippen LogP contribution in [0.1, 0.15) is 99.6 Å². The largest absolute Gasteiger partial charge is 0.514 e. The van der Waals surface area contributed by atoms with Crippen LogP contribution in [-0.2, 0) is 51.1 Å². The van der Waals surface area contributed by atoms with Gasteiger partial charge in [0.15, 0.2) is 5.96 Å². The molecule has 0 spiro atoms. The number of aliphatic imine (C=N–C) groups is 1. The Kier molecular flexibility index (Phi) is 22.0. The summed E-state index contributed by atoms with van der Waals surface area (Å²) >= 11 is 0. The van der Waals surface area contributed by atoms with Crippen molar-refractivity contribution < 1.29 is 57.7 Å². The topological polar surface area (TPSA) is 321 Å². The van der Waals surface area contributed by atoms with Gasteiger partial charge >= 0.3 is 18.2 Å². The first kappa shape index (κ1) is 56.2. The van der Waals surface area contributed by atoms with Gasteiger partial charge in [0.05, 0.1) is 12.6 Å². The van der Waals surface area contributed by atoms with E-state index in [2.05, 4.69) is 36.9 Å². The van der Waals surface area contributed by atoms with Gasteiger partial charge in [0.2, 0.25) is 29.5 Å². The van der Waals surface area contributed by atoms with Gasteiger partial charge in [-0.05, 0) is 104 Å². The molecule has 0 aliphatic rings. The van der Waals surface area contributed by atoms with Crippen molar-refractivity contribution in [2.24, 2.45) is 22.4 Å². The fourth-order valence-corrected chi connectivity index (χ4v) is 6.19. The minimum Gasteiger partial charge on any atom is -0.480 e. The molecule has 11 N–H and O–H groups in total. The molecule has 2 aromatic rings. The Morgan fingerprint density at radius 2 is 1.15 bits per heavy atom. The number of carboxylic acids is 1. The Bertz CT molecular complexity index is 2030. The van der Waals surface area contributed by atoms with E-state index >= 15 is 0 Å². The van der Waals surface area contributed by atoms with Crippen LogP contribution in [-0.4, -0.2) is 113 Å². The van der Waals surface area contributed by atoms with Crippen molar-refractivity contribution in [3.05, 3.63) is 65.7 Å². The summed E-state index contributed by atoms with van der Waals surface area (Å²) in [5, 5.41) is 25.1. The highest BCUT2D eigenvalue weighted by Crippen LogP contribution is 2.17. The van der Waals surface area contributed by atoms with Crippen LogP contribution in [0, 0.1) is 5.92 Å². The number of guanidine groups is 1. The summed E-state index contributed by atoms with van der Waals surface area (Å²) < 4.78 is 15.7. The molecule has 0 aliphatic carbocycles. The Hall–Kier alpha value is -6.93. The quantitative estimate of drug-likeness (QED) is 0.0334. The van der Waals surface area contributed by atoms with Crippen LogP contribution >= 0.6 is 0 Å². The predicted molar refractivity (Wildman–Crippen MR) is 248 cm³/mol. The first-order chi connectivity index (χ1) is 31.1. The van der Waals surface area contributed by atoms with Crippen molar-refractivity contribution >= 4 is 53.7 Å². The Labute approximate surface area is 391 Å². The highest BCUT2D eigenvalue weighted by Gasteiger charge is 2.32. The number of ether oxygens (including phenoxy) is 3. The number of benzene rings is 2. The number of carbonyl (C=O) groups is 8. The van der Waals surface area contributed by atoms with Crippen LogP contribution in [0.2, 0.25) is 0 Å². The van der Waals surface area contributed by atoms with Crippen LogP contribution in [0.4, 0.5) is 9.59 Å². The maximum Gasteiger partial charge on any atom is 0.514 e. The van der Waals surface area contributed by atoms with E-state index in [1.807, 2.05) is 13.8 Å². The number of carboxylic acid groups (broad SMARTS) is 1. The van der Waals surface area contributed by atoms with E-state index in [-0.39, 0.29) is 49.7 Å². The standard InChI is InChI=1S/C46H69N9O12/c1-26(2)22-33(39(59)53-32(41(61)62)21-16-27(3)50-42(47)48)54-40(60)34(23-29-14-12-11-13-15-29)52-36(56)25-49-37(57)28(4)51-38(58)35(55-43(63)66-45(5,6)7)24-30-17-19-31(20-18-30)65-44(64)67-46(8,9)10/h11-15,17-20,26-28,32-35H,16,21-25H2,1-10H3,(H,49,57)(H,51,58)(H,52,56)(H,53,59)(H,54,60)(H,55,63)(H,61,62)(H4,47,48,50)/t27-,28-,32-,33-,34-,35-/m0/s1. The molecule has 0 bridgehead atoms. The van der Waals surface area contributed by atoms with Crippen molar-refractivity contribution in [1.82, 2.24) is 31.9 Å². The molecule has 6 amide bonds. The summed E-state index contributed by atoms with van der Waals surface area (Å²) in [6, 6.07) is 8.19. The SMILES string of the molecule is CC(C)C[C@H](NC(=O)[C@H](Cc1ccccc1)NC(=O)CNC(=O)[C@H](C)NC(=O)[C@H](Cc1ccc(OC(=O)OC(C)(C)C)cc1)NC(=O)OC(C)(C)C)C(=O)N[C@@H](CC[C@H](C)N=C(N)N)C(=O)O. The van der Waals surface area contributed by atoms with Crippen molar-refractivity contribution in [2.45, 2.75) is 149 Å². The van der Waals surface area contributed by atoms with E-state index < -0.39 is 102 Å². The van der Waals surface area contributed by atoms with Crippen molar-refractivity contribution in [3.63, 3.8) is 0 Å². The normalized spacial score (nSPS) is 14.0. The molecule has 2 aromatic carbocycles. The molecule has 0 saturated heterocycles. The van der Waals surface area contributed by atoms with Gasteiger partial charge in [-0.2, -0.15) is 0 Å². The van der Waals surface area contributed by atoms with Gasteiger partial charge in [-0.15, -0.1) is 0 Å². The molecule has 21 nitrogen and oxygen atoms in total. The lowest BCUT2D eigenvalue weighted by Gasteiger charge is -2.26. The highest BCUT2D eigenvalue weighted by atomic mass is 16.7. The molecule has 0 aromatic heterocycles. The fourth-order valence-electron chi connectivity index (χ4n) is 6.19. The van der Waals surface area contributed by atoms with Gasteiger partial charge in [-0.25, -0.2) is 14.4 Å². The van der Waals surface area contributed by atoms with Gasteiger partial charge in [0.25, 0.3) is 0 Å². The van der Waals surface area contributed by atoms with E-state index in [4.69, 9.17) is 25.7 Å². The molecule has 6 atom stereocenters. The predicted octanol–water partition coefficient (Wildman–Crippen LogP) is 2.33. The molecule has 21 heteroatoms. The molecule has 0 radical (unpaired) electrons. The molecular weight excluding hydrogens is 871 g/mol. The van der Waals surface area contributed by atoms with Crippen LogP contribution in [0.25, 0.3) is 0 Å². The first-order valence-electron chi connectivity index (χ1n) is 21.9.